The molecule has 1 aromatic carbocycles. The Morgan fingerprint density at radius 2 is 1.88 bits per heavy atom. The molecule has 14 heteroatoms. The van der Waals surface area contributed by atoms with Gasteiger partial charge in [-0.2, -0.15) is 18.3 Å². The number of anilines is 1. The number of rotatable bonds is 5. The summed E-state index contributed by atoms with van der Waals surface area (Å²) in [7, 11) is -4.50. The van der Waals surface area contributed by atoms with Crippen LogP contribution in [0.15, 0.2) is 29.3 Å². The molecule has 0 unspecified atom stereocenters. The number of halogens is 6. The Morgan fingerprint density at radius 3 is 2.44 bits per heavy atom. The second-order valence-corrected chi connectivity index (χ2v) is 9.06. The van der Waals surface area contributed by atoms with Gasteiger partial charge in [0.25, 0.3) is 5.91 Å². The van der Waals surface area contributed by atoms with Gasteiger partial charge in [-0.15, -0.1) is 0 Å². The van der Waals surface area contributed by atoms with Crippen molar-refractivity contribution in [2.45, 2.75) is 49.2 Å². The fourth-order valence-corrected chi connectivity index (χ4v) is 4.12. The molecule has 3 N–H and O–H groups in total. The van der Waals surface area contributed by atoms with E-state index in [0.717, 1.165) is 10.7 Å². The van der Waals surface area contributed by atoms with Gasteiger partial charge in [0.05, 0.1) is 6.20 Å². The van der Waals surface area contributed by atoms with E-state index in [0.29, 0.717) is 18.3 Å². The smallest absolute Gasteiger partial charge is 0.321 e. The van der Waals surface area contributed by atoms with Crippen molar-refractivity contribution in [3.63, 3.8) is 0 Å². The number of hydrogen-bond donors (Lipinski definition) is 2. The molecule has 0 aliphatic heterocycles. The number of carbonyl (C=O) groups is 1. The number of sulfonamides is 1. The fourth-order valence-electron chi connectivity index (χ4n) is 3.49. The van der Waals surface area contributed by atoms with Crippen molar-refractivity contribution in [2.75, 3.05) is 5.32 Å². The van der Waals surface area contributed by atoms with Gasteiger partial charge in [-0.1, -0.05) is 0 Å². The number of hydrogen-bond acceptors (Lipinski definition) is 4. The zero-order valence-electron chi connectivity index (χ0n) is 16.3. The maximum absolute atomic E-state index is 13.7. The normalized spacial score (nSPS) is 17.3. The van der Waals surface area contributed by atoms with Crippen LogP contribution in [0.2, 0.25) is 0 Å². The van der Waals surface area contributed by atoms with Crippen LogP contribution in [0.4, 0.5) is 32.0 Å². The SMILES string of the molecule is NS(=O)(=O)c1cc(NC(=O)c2c(C(F)(F)F)cnn2CC2CCC(F)(F)CC2)ccc1F. The van der Waals surface area contributed by atoms with Crippen molar-refractivity contribution in [1.29, 1.82) is 0 Å². The van der Waals surface area contributed by atoms with Crippen LogP contribution in [-0.2, 0) is 22.7 Å². The van der Waals surface area contributed by atoms with E-state index in [4.69, 9.17) is 5.14 Å². The van der Waals surface area contributed by atoms with Crippen LogP contribution in [0.5, 0.6) is 0 Å². The molecule has 1 aliphatic rings. The van der Waals surface area contributed by atoms with Crippen molar-refractivity contribution < 1.29 is 39.6 Å². The Labute approximate surface area is 178 Å². The number of nitrogens with two attached hydrogens (primary N) is 1. The lowest BCUT2D eigenvalue weighted by Crippen LogP contribution is -2.29. The second-order valence-electron chi connectivity index (χ2n) is 7.53. The maximum Gasteiger partial charge on any atom is 0.420 e. The average molecular weight is 484 g/mol. The number of carbonyl (C=O) groups excluding carboxylic acids is 1. The van der Waals surface area contributed by atoms with Gasteiger partial charge < -0.3 is 5.32 Å². The summed E-state index contributed by atoms with van der Waals surface area (Å²) in [6, 6.07) is 2.29. The number of aromatic nitrogens is 2. The lowest BCUT2D eigenvalue weighted by molar-refractivity contribution is -0.138. The molecule has 1 aliphatic carbocycles. The van der Waals surface area contributed by atoms with Crippen LogP contribution >= 0.6 is 0 Å². The van der Waals surface area contributed by atoms with E-state index < -0.39 is 68.8 Å². The van der Waals surface area contributed by atoms with Gasteiger partial charge in [-0.3, -0.25) is 9.48 Å². The van der Waals surface area contributed by atoms with E-state index >= 15 is 0 Å². The molecule has 0 bridgehead atoms. The molecule has 1 aromatic heterocycles. The highest BCUT2D eigenvalue weighted by Crippen LogP contribution is 2.38. The third kappa shape index (κ3) is 5.41. The van der Waals surface area contributed by atoms with Gasteiger partial charge in [-0.05, 0) is 37.0 Å². The second kappa shape index (κ2) is 8.39. The summed E-state index contributed by atoms with van der Waals surface area (Å²) in [5, 5.41) is 10.6. The first-order chi connectivity index (χ1) is 14.7. The minimum absolute atomic E-state index is 0.0466. The molecule has 3 rings (SSSR count). The van der Waals surface area contributed by atoms with E-state index in [1.54, 1.807) is 0 Å². The molecule has 7 nitrogen and oxygen atoms in total. The zero-order chi connectivity index (χ0) is 23.9. The molecule has 1 fully saturated rings. The first kappa shape index (κ1) is 24.0. The first-order valence-corrected chi connectivity index (χ1v) is 10.9. The van der Waals surface area contributed by atoms with Crippen molar-refractivity contribution in [3.05, 3.63) is 41.5 Å². The summed E-state index contributed by atoms with van der Waals surface area (Å²) in [6.45, 7) is -0.194. The van der Waals surface area contributed by atoms with E-state index in [-0.39, 0.29) is 25.1 Å². The minimum atomic E-state index is -4.95. The van der Waals surface area contributed by atoms with Crippen LogP contribution in [0.25, 0.3) is 0 Å². The molecule has 0 saturated heterocycles. The highest BCUT2D eigenvalue weighted by atomic mass is 32.2. The standard InChI is InChI=1S/C18H18F6N4O3S/c19-13-2-1-11(7-14(13)32(25,30)31)27-16(29)15-12(18(22,23)24)8-26-28(15)9-10-3-5-17(20,21)6-4-10/h1-2,7-8,10H,3-6,9H2,(H,27,29)(H2,25,30,31). The molecule has 1 heterocycles. The van der Waals surface area contributed by atoms with Gasteiger partial charge in [0, 0.05) is 25.1 Å². The predicted molar refractivity (Wildman–Crippen MR) is 99.9 cm³/mol. The van der Waals surface area contributed by atoms with E-state index in [2.05, 4.69) is 10.4 Å². The number of primary sulfonamides is 1. The number of amides is 1. The van der Waals surface area contributed by atoms with Crippen LogP contribution in [-0.4, -0.2) is 30.0 Å². The lowest BCUT2D eigenvalue weighted by Gasteiger charge is -2.28. The lowest BCUT2D eigenvalue weighted by atomic mass is 9.87. The van der Waals surface area contributed by atoms with Gasteiger partial charge in [0.15, 0.2) is 0 Å². The Kier molecular flexibility index (Phi) is 6.30. The Balaban J connectivity index is 1.90. The molecule has 32 heavy (non-hydrogen) atoms. The molecule has 176 valence electrons. The third-order valence-corrected chi connectivity index (χ3v) is 6.05. The zero-order valence-corrected chi connectivity index (χ0v) is 17.1. The number of nitrogens with one attached hydrogen (secondary N) is 1. The number of benzene rings is 1. The number of alkyl halides is 5. The Bertz CT molecular complexity index is 1120. The van der Waals surface area contributed by atoms with E-state index in [1.807, 2.05) is 0 Å². The molecule has 0 spiro atoms. The summed E-state index contributed by atoms with van der Waals surface area (Å²) < 4.78 is 104. The topological polar surface area (TPSA) is 107 Å². The highest BCUT2D eigenvalue weighted by molar-refractivity contribution is 7.89. The maximum atomic E-state index is 13.7. The van der Waals surface area contributed by atoms with Crippen LogP contribution in [0.3, 0.4) is 0 Å². The monoisotopic (exact) mass is 484 g/mol. The van der Waals surface area contributed by atoms with E-state index in [9.17, 15) is 39.6 Å². The molecular weight excluding hydrogens is 466 g/mol. The van der Waals surface area contributed by atoms with Crippen molar-refractivity contribution in [1.82, 2.24) is 9.78 Å². The third-order valence-electron chi connectivity index (χ3n) is 5.12. The summed E-state index contributed by atoms with van der Waals surface area (Å²) in [4.78, 5) is 11.7. The minimum Gasteiger partial charge on any atom is -0.321 e. The molecule has 0 atom stereocenters. The Morgan fingerprint density at radius 1 is 1.25 bits per heavy atom. The van der Waals surface area contributed by atoms with Gasteiger partial charge >= 0.3 is 6.18 Å². The molecule has 1 amide bonds. The van der Waals surface area contributed by atoms with Crippen LogP contribution < -0.4 is 10.5 Å². The first-order valence-electron chi connectivity index (χ1n) is 9.32. The van der Waals surface area contributed by atoms with Crippen molar-refractivity contribution in [2.24, 2.45) is 11.1 Å². The van der Waals surface area contributed by atoms with Gasteiger partial charge in [0.1, 0.15) is 22.0 Å². The van der Waals surface area contributed by atoms with Crippen molar-refractivity contribution in [3.8, 4) is 0 Å². The van der Waals surface area contributed by atoms with Gasteiger partial charge in [0.2, 0.25) is 15.9 Å². The quantitative estimate of drug-likeness (QED) is 0.630. The summed E-state index contributed by atoms with van der Waals surface area (Å²) in [6.07, 6.45) is -5.24. The average Bonchev–Trinajstić information content (AvgIpc) is 3.08. The largest absolute Gasteiger partial charge is 0.420 e. The highest BCUT2D eigenvalue weighted by Gasteiger charge is 2.40. The van der Waals surface area contributed by atoms with Crippen LogP contribution in [0.1, 0.15) is 41.7 Å². The molecule has 0 radical (unpaired) electrons. The van der Waals surface area contributed by atoms with Crippen molar-refractivity contribution >= 4 is 21.6 Å². The van der Waals surface area contributed by atoms with Gasteiger partial charge in [-0.25, -0.2) is 26.7 Å². The molecule has 1 saturated carbocycles. The summed E-state index contributed by atoms with van der Waals surface area (Å²) >= 11 is 0. The molecular formula is C18H18F6N4O3S. The van der Waals surface area contributed by atoms with E-state index in [1.165, 1.54) is 0 Å². The summed E-state index contributed by atoms with van der Waals surface area (Å²) in [5.74, 6) is -5.74. The number of nitrogens with zero attached hydrogens (tertiary/aromatic N) is 2. The summed E-state index contributed by atoms with van der Waals surface area (Å²) in [5.41, 5.74) is -2.56. The predicted octanol–water partition coefficient (Wildman–Crippen LogP) is 3.77. The Hall–Kier alpha value is -2.61. The fraction of sp³-hybridized carbons (Fsp3) is 0.444. The molecule has 2 aromatic rings. The van der Waals surface area contributed by atoms with Crippen LogP contribution in [0, 0.1) is 11.7 Å².